The molecule has 1 fully saturated rings. The first-order valence-electron chi connectivity index (χ1n) is 7.24. The first-order valence-corrected chi connectivity index (χ1v) is 8.89. The summed E-state index contributed by atoms with van der Waals surface area (Å²) < 4.78 is 23.5. The molecule has 0 amide bonds. The summed E-state index contributed by atoms with van der Waals surface area (Å²) in [5.41, 5.74) is 0.834. The van der Waals surface area contributed by atoms with Crippen molar-refractivity contribution in [3.05, 3.63) is 24.3 Å². The lowest BCUT2D eigenvalue weighted by Gasteiger charge is -2.28. The average Bonchev–Trinajstić information content (AvgIpc) is 2.48. The van der Waals surface area contributed by atoms with Gasteiger partial charge in [0, 0.05) is 11.7 Å². The number of carboxylic acids is 1. The second-order valence-electron chi connectivity index (χ2n) is 5.47. The molecule has 1 aromatic rings. The zero-order valence-electron chi connectivity index (χ0n) is 12.1. The number of nitrogens with one attached hydrogen (secondary N) is 1. The average molecular weight is 311 g/mol. The summed E-state index contributed by atoms with van der Waals surface area (Å²) in [5, 5.41) is 12.4. The first-order chi connectivity index (χ1) is 9.92. The van der Waals surface area contributed by atoms with E-state index in [4.69, 9.17) is 5.11 Å². The maximum Gasteiger partial charge on any atom is 0.306 e. The van der Waals surface area contributed by atoms with E-state index in [1.807, 2.05) is 0 Å². The van der Waals surface area contributed by atoms with Crippen LogP contribution in [0.1, 0.15) is 32.6 Å². The van der Waals surface area contributed by atoms with E-state index >= 15 is 0 Å². The van der Waals surface area contributed by atoms with Gasteiger partial charge in [0.05, 0.1) is 16.6 Å². The van der Waals surface area contributed by atoms with Crippen molar-refractivity contribution in [2.45, 2.75) is 43.5 Å². The van der Waals surface area contributed by atoms with E-state index in [-0.39, 0.29) is 17.7 Å². The summed E-state index contributed by atoms with van der Waals surface area (Å²) in [6.07, 6.45) is 3.20. The maximum atomic E-state index is 11.7. The number of hydrogen-bond acceptors (Lipinski definition) is 4. The van der Waals surface area contributed by atoms with Crippen molar-refractivity contribution >= 4 is 21.5 Å². The van der Waals surface area contributed by atoms with Crippen molar-refractivity contribution in [2.75, 3.05) is 11.1 Å². The summed E-state index contributed by atoms with van der Waals surface area (Å²) in [5.74, 6) is -0.926. The Morgan fingerprint density at radius 2 is 1.95 bits per heavy atom. The quantitative estimate of drug-likeness (QED) is 0.873. The molecule has 1 saturated carbocycles. The van der Waals surface area contributed by atoms with Crippen LogP contribution in [0.5, 0.6) is 0 Å². The monoisotopic (exact) mass is 311 g/mol. The molecule has 0 bridgehead atoms. The van der Waals surface area contributed by atoms with Gasteiger partial charge in [0.1, 0.15) is 0 Å². The number of hydrogen-bond donors (Lipinski definition) is 2. The minimum absolute atomic E-state index is 0.0860. The molecule has 0 aliphatic heterocycles. The fourth-order valence-corrected chi connectivity index (χ4v) is 3.59. The molecule has 1 aliphatic carbocycles. The van der Waals surface area contributed by atoms with Crippen LogP contribution < -0.4 is 5.32 Å². The lowest BCUT2D eigenvalue weighted by atomic mass is 9.85. The molecule has 0 aromatic heterocycles. The van der Waals surface area contributed by atoms with Crippen LogP contribution in [0.4, 0.5) is 5.69 Å². The van der Waals surface area contributed by atoms with Gasteiger partial charge in [-0.1, -0.05) is 13.3 Å². The summed E-state index contributed by atoms with van der Waals surface area (Å²) in [4.78, 5) is 11.4. The highest BCUT2D eigenvalue weighted by Crippen LogP contribution is 2.27. The van der Waals surface area contributed by atoms with Gasteiger partial charge in [-0.05, 0) is 43.5 Å². The Kier molecular flexibility index (Phi) is 4.88. The lowest BCUT2D eigenvalue weighted by molar-refractivity contribution is -0.142. The second kappa shape index (κ2) is 6.47. The Balaban J connectivity index is 2.02. The highest BCUT2D eigenvalue weighted by Gasteiger charge is 2.26. The van der Waals surface area contributed by atoms with E-state index in [2.05, 4.69) is 5.32 Å². The summed E-state index contributed by atoms with van der Waals surface area (Å²) >= 11 is 0. The van der Waals surface area contributed by atoms with Gasteiger partial charge < -0.3 is 10.4 Å². The molecule has 0 radical (unpaired) electrons. The largest absolute Gasteiger partial charge is 0.481 e. The van der Waals surface area contributed by atoms with E-state index in [0.717, 1.165) is 24.9 Å². The Labute approximate surface area is 125 Å². The van der Waals surface area contributed by atoms with Crippen LogP contribution in [-0.4, -0.2) is 31.3 Å². The highest BCUT2D eigenvalue weighted by molar-refractivity contribution is 7.91. The number of aliphatic carboxylic acids is 1. The van der Waals surface area contributed by atoms with E-state index in [0.29, 0.717) is 11.3 Å². The van der Waals surface area contributed by atoms with E-state index in [1.54, 1.807) is 31.2 Å². The highest BCUT2D eigenvalue weighted by atomic mass is 32.2. The van der Waals surface area contributed by atoms with Gasteiger partial charge in [0.2, 0.25) is 0 Å². The molecular weight excluding hydrogens is 290 g/mol. The van der Waals surface area contributed by atoms with Gasteiger partial charge in [-0.3, -0.25) is 4.79 Å². The number of rotatable bonds is 5. The van der Waals surface area contributed by atoms with Gasteiger partial charge >= 0.3 is 5.97 Å². The zero-order valence-corrected chi connectivity index (χ0v) is 12.9. The fourth-order valence-electron chi connectivity index (χ4n) is 2.71. The van der Waals surface area contributed by atoms with Gasteiger partial charge in [0.25, 0.3) is 0 Å². The first kappa shape index (κ1) is 15.8. The summed E-state index contributed by atoms with van der Waals surface area (Å²) in [6, 6.07) is 6.81. The Hall–Kier alpha value is -1.56. The van der Waals surface area contributed by atoms with Gasteiger partial charge in [-0.25, -0.2) is 8.42 Å². The Morgan fingerprint density at radius 3 is 2.52 bits per heavy atom. The van der Waals surface area contributed by atoms with Crippen LogP contribution in [-0.2, 0) is 14.6 Å². The molecule has 2 rings (SSSR count). The second-order valence-corrected chi connectivity index (χ2v) is 7.75. The summed E-state index contributed by atoms with van der Waals surface area (Å²) in [7, 11) is -3.17. The molecular formula is C15H21NO4S. The van der Waals surface area contributed by atoms with Crippen molar-refractivity contribution in [3.63, 3.8) is 0 Å². The molecule has 116 valence electrons. The topological polar surface area (TPSA) is 83.5 Å². The van der Waals surface area contributed by atoms with Crippen molar-refractivity contribution in [1.82, 2.24) is 0 Å². The maximum absolute atomic E-state index is 11.7. The predicted octanol–water partition coefficient (Wildman–Crippen LogP) is 2.54. The van der Waals surface area contributed by atoms with Crippen molar-refractivity contribution in [2.24, 2.45) is 5.92 Å². The molecule has 2 N–H and O–H groups in total. The third-order valence-electron chi connectivity index (χ3n) is 3.99. The van der Waals surface area contributed by atoms with Crippen LogP contribution in [0.25, 0.3) is 0 Å². The van der Waals surface area contributed by atoms with E-state index < -0.39 is 15.8 Å². The summed E-state index contributed by atoms with van der Waals surface area (Å²) in [6.45, 7) is 1.62. The van der Waals surface area contributed by atoms with E-state index in [9.17, 15) is 13.2 Å². The standard InChI is InChI=1S/C15H21NO4S/c1-2-21(19,20)14-8-6-12(7-9-14)16-13-5-3-4-11(10-13)15(17)18/h6-9,11,13,16H,2-5,10H2,1H3,(H,17,18). The molecule has 2 unspecified atom stereocenters. The molecule has 0 spiro atoms. The Morgan fingerprint density at radius 1 is 1.29 bits per heavy atom. The van der Waals surface area contributed by atoms with Gasteiger partial charge in [-0.15, -0.1) is 0 Å². The number of anilines is 1. The molecule has 1 aromatic carbocycles. The lowest BCUT2D eigenvalue weighted by Crippen LogP contribution is -2.30. The van der Waals surface area contributed by atoms with Crippen LogP contribution in [0.3, 0.4) is 0 Å². The van der Waals surface area contributed by atoms with Crippen LogP contribution >= 0.6 is 0 Å². The van der Waals surface area contributed by atoms with Crippen molar-refractivity contribution < 1.29 is 18.3 Å². The van der Waals surface area contributed by atoms with Crippen LogP contribution in [0.15, 0.2) is 29.2 Å². The molecule has 0 heterocycles. The normalized spacial score (nSPS) is 22.7. The minimum atomic E-state index is -3.17. The predicted molar refractivity (Wildman–Crippen MR) is 81.2 cm³/mol. The molecule has 1 aliphatic rings. The molecule has 6 heteroatoms. The molecule has 5 nitrogen and oxygen atoms in total. The van der Waals surface area contributed by atoms with E-state index in [1.165, 1.54) is 0 Å². The zero-order chi connectivity index (χ0) is 15.5. The third kappa shape index (κ3) is 3.97. The Bertz CT molecular complexity index is 595. The number of carboxylic acid groups (broad SMARTS) is 1. The third-order valence-corrected chi connectivity index (χ3v) is 5.74. The number of benzene rings is 1. The number of sulfone groups is 1. The van der Waals surface area contributed by atoms with Gasteiger partial charge in [-0.2, -0.15) is 0 Å². The van der Waals surface area contributed by atoms with Crippen molar-refractivity contribution in [3.8, 4) is 0 Å². The SMILES string of the molecule is CCS(=O)(=O)c1ccc(NC2CCCC(C(=O)O)C2)cc1. The van der Waals surface area contributed by atoms with Crippen LogP contribution in [0.2, 0.25) is 0 Å². The minimum Gasteiger partial charge on any atom is -0.481 e. The molecule has 0 saturated heterocycles. The molecule has 2 atom stereocenters. The molecule has 21 heavy (non-hydrogen) atoms. The smallest absolute Gasteiger partial charge is 0.306 e. The number of carbonyl (C=O) groups is 1. The van der Waals surface area contributed by atoms with Crippen LogP contribution in [0, 0.1) is 5.92 Å². The van der Waals surface area contributed by atoms with Crippen molar-refractivity contribution in [1.29, 1.82) is 0 Å². The fraction of sp³-hybridized carbons (Fsp3) is 0.533. The van der Waals surface area contributed by atoms with Gasteiger partial charge in [0.15, 0.2) is 9.84 Å².